The van der Waals surface area contributed by atoms with Crippen molar-refractivity contribution in [2.45, 2.75) is 11.4 Å². The molecule has 2 aliphatic rings. The van der Waals surface area contributed by atoms with Gasteiger partial charge in [-0.1, -0.05) is 17.3 Å². The van der Waals surface area contributed by atoms with Crippen LogP contribution in [0.4, 0.5) is 5.13 Å². The number of thiazole rings is 1. The second kappa shape index (κ2) is 10.4. The number of oxime groups is 1. The Hall–Kier alpha value is -2.78. The quantitative estimate of drug-likeness (QED) is 0.117. The van der Waals surface area contributed by atoms with Crippen LogP contribution in [0, 0.1) is 0 Å². The molecule has 0 radical (unpaired) electrons. The normalized spacial score (nSPS) is 20.2. The Kier molecular flexibility index (Phi) is 7.86. The molecule has 15 heteroatoms. The summed E-state index contributed by atoms with van der Waals surface area (Å²) in [5, 5.41) is 27.4. The van der Waals surface area contributed by atoms with E-state index in [0.29, 0.717) is 11.1 Å². The number of carbonyl (C=O) groups excluding carboxylic acids is 3. The summed E-state index contributed by atoms with van der Waals surface area (Å²) in [6.45, 7) is 0. The van der Waals surface area contributed by atoms with Crippen LogP contribution >= 0.6 is 23.1 Å². The first kappa shape index (κ1) is 24.9. The Morgan fingerprint density at radius 1 is 1.33 bits per heavy atom. The zero-order valence-corrected chi connectivity index (χ0v) is 20.7. The van der Waals surface area contributed by atoms with Crippen LogP contribution in [0.3, 0.4) is 0 Å². The number of aliphatic carboxylic acids is 1. The summed E-state index contributed by atoms with van der Waals surface area (Å²) in [7, 11) is 0. The summed E-state index contributed by atoms with van der Waals surface area (Å²) in [6.07, 6.45) is 7.67. The van der Waals surface area contributed by atoms with Gasteiger partial charge in [0.25, 0.3) is 11.8 Å². The molecule has 33 heavy (non-hydrogen) atoms. The summed E-state index contributed by atoms with van der Waals surface area (Å²) in [4.78, 5) is 49.7. The number of nitrogen functional groups attached to an aromatic ring is 1. The maximum Gasteiger partial charge on any atom is 1.00 e. The fraction of sp³-hybridized carbons (Fsp3) is 0.167. The van der Waals surface area contributed by atoms with Crippen molar-refractivity contribution in [2.24, 2.45) is 5.16 Å². The molecule has 4 N–H and O–H groups in total. The van der Waals surface area contributed by atoms with E-state index in [1.54, 1.807) is 24.5 Å². The fourth-order valence-electron chi connectivity index (χ4n) is 3.17. The molecule has 0 unspecified atom stereocenters. The summed E-state index contributed by atoms with van der Waals surface area (Å²) >= 11 is 2.33. The van der Waals surface area contributed by atoms with Crippen molar-refractivity contribution in [1.82, 2.24) is 25.2 Å². The van der Waals surface area contributed by atoms with E-state index >= 15 is 0 Å². The number of hydrogen-bond acceptors (Lipinski definition) is 12. The predicted octanol–water partition coefficient (Wildman–Crippen LogP) is -4.19. The number of rotatable bonds is 6. The van der Waals surface area contributed by atoms with Crippen LogP contribution in [0.15, 0.2) is 46.6 Å². The molecule has 2 aromatic heterocycles. The first-order valence-electron chi connectivity index (χ1n) is 8.97. The van der Waals surface area contributed by atoms with Gasteiger partial charge in [0.15, 0.2) is 10.8 Å². The smallest absolute Gasteiger partial charge is 0.543 e. The van der Waals surface area contributed by atoms with E-state index in [1.807, 2.05) is 0 Å². The molecule has 4 heterocycles. The van der Waals surface area contributed by atoms with Crippen LogP contribution in [0.2, 0.25) is 0 Å². The van der Waals surface area contributed by atoms with Gasteiger partial charge in [0.1, 0.15) is 23.4 Å². The van der Waals surface area contributed by atoms with E-state index in [0.717, 1.165) is 16.2 Å². The number of hydrogen-bond donors (Lipinski definition) is 3. The third-order valence-electron chi connectivity index (χ3n) is 4.61. The molecule has 164 valence electrons. The van der Waals surface area contributed by atoms with Crippen LogP contribution in [0.5, 0.6) is 0 Å². The van der Waals surface area contributed by atoms with Crippen molar-refractivity contribution in [3.8, 4) is 0 Å². The number of nitrogens with two attached hydrogens (primary N) is 1. The number of fused-ring (bicyclic) bond motifs is 1. The van der Waals surface area contributed by atoms with Gasteiger partial charge in [-0.2, -0.15) is 0 Å². The van der Waals surface area contributed by atoms with Gasteiger partial charge in [-0.3, -0.25) is 14.5 Å². The molecule has 0 aliphatic carbocycles. The molecule has 2 amide bonds. The van der Waals surface area contributed by atoms with E-state index in [2.05, 4.69) is 25.4 Å². The van der Waals surface area contributed by atoms with Crippen LogP contribution < -0.4 is 45.7 Å². The molecule has 0 spiro atoms. The molecule has 0 bridgehead atoms. The van der Waals surface area contributed by atoms with E-state index < -0.39 is 34.9 Å². The standard InChI is InChI=1S/C18H15N7O5S2.Na/c19-18-22-10(6-32-18)11(24-30)14(26)23-12-15(27)25-13(17(28)29)9(5-31-16(12)25)2-1-8-3-20-7-21-4-8;/h1-4,6-7,12,16,30H,5H2,(H2,19,22)(H,23,26)(H,28,29);/q;+1/p-1/b2-1-,24-11+;/t12-,16-;/m1./s1. The number of carboxylic acid groups (broad SMARTS) is 1. The van der Waals surface area contributed by atoms with Crippen LogP contribution in [0.25, 0.3) is 6.08 Å². The molecule has 1 fully saturated rings. The molecule has 2 aliphatic heterocycles. The van der Waals surface area contributed by atoms with Crippen LogP contribution in [-0.2, 0) is 14.4 Å². The van der Waals surface area contributed by atoms with Gasteiger partial charge in [-0.05, 0) is 5.57 Å². The number of nitrogens with one attached hydrogen (secondary N) is 1. The second-order valence-corrected chi connectivity index (χ2v) is 8.54. The third kappa shape index (κ3) is 4.94. The maximum atomic E-state index is 12.7. The molecule has 0 aromatic carbocycles. The Labute approximate surface area is 217 Å². The van der Waals surface area contributed by atoms with Gasteiger partial charge in [0.05, 0.1) is 11.7 Å². The van der Waals surface area contributed by atoms with Crippen molar-refractivity contribution in [2.75, 3.05) is 11.5 Å². The van der Waals surface area contributed by atoms with Gasteiger partial charge < -0.3 is 26.2 Å². The second-order valence-electron chi connectivity index (χ2n) is 6.55. The average Bonchev–Trinajstić information content (AvgIpc) is 3.22. The molecular weight excluding hydrogens is 481 g/mol. The van der Waals surface area contributed by atoms with Gasteiger partial charge in [-0.15, -0.1) is 23.1 Å². The van der Waals surface area contributed by atoms with Crippen molar-refractivity contribution in [3.05, 3.63) is 52.7 Å². The molecular formula is C18H14N7NaO5S2. The number of aromatic nitrogens is 3. The van der Waals surface area contributed by atoms with E-state index in [9.17, 15) is 24.7 Å². The van der Waals surface area contributed by atoms with Crippen molar-refractivity contribution < 1.29 is 54.3 Å². The van der Waals surface area contributed by atoms with Crippen molar-refractivity contribution in [1.29, 1.82) is 0 Å². The largest absolute Gasteiger partial charge is 1.00 e. The molecule has 0 saturated carbocycles. The Balaban J connectivity index is 0.00000306. The van der Waals surface area contributed by atoms with Gasteiger partial charge >= 0.3 is 29.6 Å². The monoisotopic (exact) mass is 495 g/mol. The number of nitrogens with zero attached hydrogens (tertiary/aromatic N) is 5. The van der Waals surface area contributed by atoms with E-state index in [4.69, 9.17) is 5.73 Å². The first-order chi connectivity index (χ1) is 15.4. The van der Waals surface area contributed by atoms with Crippen LogP contribution in [-0.4, -0.2) is 65.7 Å². The number of allylic oxidation sites excluding steroid dienone is 1. The Bertz CT molecular complexity index is 1180. The number of carboxylic acids is 1. The van der Waals surface area contributed by atoms with Crippen LogP contribution in [0.1, 0.15) is 11.3 Å². The predicted molar refractivity (Wildman–Crippen MR) is 113 cm³/mol. The fourth-order valence-corrected chi connectivity index (χ4v) is 5.04. The van der Waals surface area contributed by atoms with E-state index in [-0.39, 0.29) is 51.8 Å². The van der Waals surface area contributed by atoms with Crippen molar-refractivity contribution >= 4 is 57.8 Å². The Morgan fingerprint density at radius 3 is 2.67 bits per heavy atom. The molecule has 4 rings (SSSR count). The Morgan fingerprint density at radius 2 is 2.06 bits per heavy atom. The average molecular weight is 495 g/mol. The minimum atomic E-state index is -1.51. The number of β-lactam (4-membered cyclic amide) rings is 1. The summed E-state index contributed by atoms with van der Waals surface area (Å²) < 4.78 is 0. The molecule has 12 nitrogen and oxygen atoms in total. The molecule has 1 saturated heterocycles. The summed E-state index contributed by atoms with van der Waals surface area (Å²) in [5.74, 6) is -2.71. The SMILES string of the molecule is Nc1nc(/C(=N\O)C(=O)N[C@@H]2C(=O)N3C(C(=O)[O-])=C(/C=C\c4cncnc4)CS[C@H]23)cs1.[Na+]. The van der Waals surface area contributed by atoms with Gasteiger partial charge in [0, 0.05) is 29.1 Å². The summed E-state index contributed by atoms with van der Waals surface area (Å²) in [6, 6.07) is -1.01. The van der Waals surface area contributed by atoms with E-state index in [1.165, 1.54) is 23.5 Å². The minimum absolute atomic E-state index is 0. The molecule has 2 atom stereocenters. The third-order valence-corrected chi connectivity index (χ3v) is 6.59. The minimum Gasteiger partial charge on any atom is -0.543 e. The number of amides is 2. The summed E-state index contributed by atoms with van der Waals surface area (Å²) in [5.41, 5.74) is 5.95. The number of anilines is 1. The number of thioether (sulfide) groups is 1. The van der Waals surface area contributed by atoms with Gasteiger partial charge in [0.2, 0.25) is 0 Å². The van der Waals surface area contributed by atoms with Gasteiger partial charge in [-0.25, -0.2) is 15.0 Å². The first-order valence-corrected chi connectivity index (χ1v) is 10.9. The number of carbonyl (C=O) groups is 3. The topological polar surface area (TPSA) is 187 Å². The maximum absolute atomic E-state index is 12.7. The zero-order valence-electron chi connectivity index (χ0n) is 17.0. The zero-order chi connectivity index (χ0) is 22.8. The van der Waals surface area contributed by atoms with Crippen molar-refractivity contribution in [3.63, 3.8) is 0 Å². The molecule has 2 aromatic rings.